The van der Waals surface area contributed by atoms with Crippen LogP contribution in [0.4, 0.5) is 0 Å². The van der Waals surface area contributed by atoms with Gasteiger partial charge >= 0.3 is 205 Å². The van der Waals surface area contributed by atoms with Gasteiger partial charge in [-0.1, -0.05) is 0 Å². The van der Waals surface area contributed by atoms with E-state index in [1.165, 1.54) is 0 Å². The Bertz CT molecular complexity index is 514. The van der Waals surface area contributed by atoms with Gasteiger partial charge in [-0.05, 0) is 0 Å². The molecule has 0 aliphatic carbocycles. The molecule has 0 aromatic heterocycles. The summed E-state index contributed by atoms with van der Waals surface area (Å²) in [7, 11) is -31.3. The van der Waals surface area contributed by atoms with Crippen LogP contribution in [-0.4, -0.2) is 188 Å². The topological polar surface area (TPSA) is 575 Å². The monoisotopic (exact) mass is 828 g/mol. The van der Waals surface area contributed by atoms with E-state index in [-0.39, 0.29) is 122 Å². The summed E-state index contributed by atoms with van der Waals surface area (Å²) in [5.74, 6) is 0. The predicted octanol–water partition coefficient (Wildman–Crippen LogP) is -33.4. The van der Waals surface area contributed by atoms with E-state index < -0.39 is 91.7 Å². The molecule has 0 heterocycles. The standard InChI is InChI=1S/6Li.10H2O3Si.6H/c;;;;;;10*1-4(2)3;;;;;;/h;;;;;;10*1-2H;;;;;;/q6*+1;;;;;;;;;;;6*-1. The minimum absolute atomic E-state index is 0. The first-order valence-electron chi connectivity index (χ1n) is 6.51. The van der Waals surface area contributed by atoms with Crippen molar-refractivity contribution in [2.24, 2.45) is 0 Å². The van der Waals surface area contributed by atoms with E-state index in [1.54, 1.807) is 0 Å². The summed E-state index contributed by atoms with van der Waals surface area (Å²) in [5.41, 5.74) is 0. The smallest absolute Gasteiger partial charge is 1.00 e. The molecule has 0 aromatic rings. The third-order valence-electron chi connectivity index (χ3n) is 0. The molecule has 0 amide bonds. The third kappa shape index (κ3) is 1310000. The molecule has 0 atom stereocenters. The van der Waals surface area contributed by atoms with Gasteiger partial charge < -0.3 is 104 Å². The molecule has 252 valence electrons. The van der Waals surface area contributed by atoms with Gasteiger partial charge in [-0.2, -0.15) is 0 Å². The maximum absolute atomic E-state index is 8.74. The molecule has 0 radical (unpaired) electrons. The minimum atomic E-state index is -3.13. The Hall–Kier alpha value is -0.247. The molecule has 0 fully saturated rings. The van der Waals surface area contributed by atoms with E-state index in [4.69, 9.17) is 141 Å². The van der Waals surface area contributed by atoms with Gasteiger partial charge in [0.15, 0.2) is 0 Å². The molecule has 46 heavy (non-hydrogen) atoms. The second-order valence-corrected chi connectivity index (χ2v) is 8.48. The summed E-state index contributed by atoms with van der Waals surface area (Å²) in [6.07, 6.45) is 0. The first-order chi connectivity index (χ1) is 17.3. The van der Waals surface area contributed by atoms with E-state index in [0.717, 1.165) is 0 Å². The summed E-state index contributed by atoms with van der Waals surface area (Å²) in [5, 5.41) is 0. The SMILES string of the molecule is O=[Si](O)O.O=[Si](O)O.O=[Si](O)O.O=[Si](O)O.O=[Si](O)O.O=[Si](O)O.O=[Si](O)O.O=[Si](O)O.O=[Si](O)O.O=[Si](O)O.[H-].[H-].[H-].[H-].[H-].[H-].[Li+].[Li+].[Li+].[Li+].[Li+].[Li+]. The first-order valence-corrected chi connectivity index (χ1v) is 19.5. The Labute approximate surface area is 351 Å². The van der Waals surface area contributed by atoms with Crippen LogP contribution in [0.15, 0.2) is 0 Å². The van der Waals surface area contributed by atoms with Crippen LogP contribution >= 0.6 is 0 Å². The van der Waals surface area contributed by atoms with Crippen molar-refractivity contribution in [3.63, 3.8) is 0 Å². The van der Waals surface area contributed by atoms with Gasteiger partial charge in [-0.25, -0.2) is 0 Å². The predicted molar refractivity (Wildman–Crippen MR) is 115 cm³/mol. The molecular weight excluding hydrogens is 802 g/mol. The molecule has 0 rings (SSSR count). The van der Waals surface area contributed by atoms with Gasteiger partial charge in [0.1, 0.15) is 0 Å². The quantitative estimate of drug-likeness (QED) is 0.101. The van der Waals surface area contributed by atoms with Crippen LogP contribution in [0.3, 0.4) is 0 Å². The zero-order valence-corrected chi connectivity index (χ0v) is 34.0. The maximum atomic E-state index is 8.74. The van der Waals surface area contributed by atoms with Gasteiger partial charge in [0, 0.05) is 0 Å². The average molecular weight is 829 g/mol. The summed E-state index contributed by atoms with van der Waals surface area (Å²) in [4.78, 5) is 143. The molecule has 46 heteroatoms. The van der Waals surface area contributed by atoms with E-state index >= 15 is 0 Å². The van der Waals surface area contributed by atoms with Crippen LogP contribution in [0, 0.1) is 0 Å². The summed E-state index contributed by atoms with van der Waals surface area (Å²) < 4.78 is 87.4. The molecule has 0 aliphatic heterocycles. The Balaban J connectivity index is -0.00000000937. The molecule has 0 saturated heterocycles. The third-order valence-corrected chi connectivity index (χ3v) is 0. The minimum Gasteiger partial charge on any atom is -1.00 e. The Morgan fingerprint density at radius 3 is 0.174 bits per heavy atom. The molecule has 30 nitrogen and oxygen atoms in total. The van der Waals surface area contributed by atoms with Crippen molar-refractivity contribution < 1.29 is 262 Å². The first kappa shape index (κ1) is 104. The van der Waals surface area contributed by atoms with E-state index in [2.05, 4.69) is 0 Å². The Morgan fingerprint density at radius 2 is 0.174 bits per heavy atom. The van der Waals surface area contributed by atoms with Crippen molar-refractivity contribution >= 4 is 91.7 Å². The fraction of sp³-hybridized carbons (Fsp3) is 0. The molecule has 0 aliphatic rings. The van der Waals surface area contributed by atoms with Gasteiger partial charge in [0.25, 0.3) is 0 Å². The maximum Gasteiger partial charge on any atom is 1.00 e. The normalized spacial score (nSPS) is 5.22. The van der Waals surface area contributed by atoms with Crippen molar-refractivity contribution in [3.8, 4) is 0 Å². The van der Waals surface area contributed by atoms with E-state index in [1.807, 2.05) is 0 Å². The molecule has 0 aromatic carbocycles. The van der Waals surface area contributed by atoms with Crippen LogP contribution < -0.4 is 113 Å². The summed E-state index contributed by atoms with van der Waals surface area (Å²) in [6, 6.07) is 0. The Morgan fingerprint density at radius 1 is 0.174 bits per heavy atom. The van der Waals surface area contributed by atoms with Gasteiger partial charge in [0.2, 0.25) is 0 Å². The van der Waals surface area contributed by atoms with Crippen LogP contribution in [0.5, 0.6) is 0 Å². The summed E-state index contributed by atoms with van der Waals surface area (Å²) in [6.45, 7) is 0. The zero-order chi connectivity index (χ0) is 35.8. The number of hydrogen-bond donors (Lipinski definition) is 20. The van der Waals surface area contributed by atoms with Crippen LogP contribution in [0.1, 0.15) is 8.56 Å². The molecule has 0 spiro atoms. The molecule has 0 bridgehead atoms. The number of rotatable bonds is 0. The van der Waals surface area contributed by atoms with Crippen molar-refractivity contribution in [3.05, 3.63) is 0 Å². The Kier molecular flexibility index (Phi) is 218. The largest absolute Gasteiger partial charge is 1.00 e. The van der Waals surface area contributed by atoms with Crippen molar-refractivity contribution in [2.75, 3.05) is 0 Å². The molecule has 0 saturated carbocycles. The fourth-order valence-corrected chi connectivity index (χ4v) is 0. The van der Waals surface area contributed by atoms with Crippen molar-refractivity contribution in [1.82, 2.24) is 0 Å². The van der Waals surface area contributed by atoms with Gasteiger partial charge in [-0.3, -0.25) is 44.6 Å². The second kappa shape index (κ2) is 96.8. The van der Waals surface area contributed by atoms with Gasteiger partial charge in [-0.15, -0.1) is 0 Å². The van der Waals surface area contributed by atoms with Crippen LogP contribution in [-0.2, 0) is 44.6 Å². The second-order valence-electron chi connectivity index (χ2n) is 2.83. The van der Waals surface area contributed by atoms with Gasteiger partial charge in [0.05, 0.1) is 0 Å². The van der Waals surface area contributed by atoms with E-state index in [9.17, 15) is 0 Å². The average Bonchev–Trinajstić information content (AvgIpc) is 2.47. The van der Waals surface area contributed by atoms with Crippen LogP contribution in [0.2, 0.25) is 0 Å². The molecule has 20 N–H and O–H groups in total. The fourth-order valence-electron chi connectivity index (χ4n) is 0. The van der Waals surface area contributed by atoms with Crippen molar-refractivity contribution in [2.45, 2.75) is 0 Å². The number of hydrogen-bond acceptors (Lipinski definition) is 10. The van der Waals surface area contributed by atoms with Crippen molar-refractivity contribution in [1.29, 1.82) is 0 Å². The molecular formula is H26Li6O30Si10. The van der Waals surface area contributed by atoms with E-state index in [0.29, 0.717) is 0 Å². The summed E-state index contributed by atoms with van der Waals surface area (Å²) >= 11 is 0. The van der Waals surface area contributed by atoms with Crippen LogP contribution in [0.25, 0.3) is 0 Å². The molecule has 0 unspecified atom stereocenters. The zero-order valence-electron chi connectivity index (χ0n) is 30.0.